The topological polar surface area (TPSA) is 60.1 Å². The van der Waals surface area contributed by atoms with Crippen LogP contribution in [0.25, 0.3) is 0 Å². The highest BCUT2D eigenvalue weighted by Crippen LogP contribution is 2.49. The molecule has 0 atom stereocenters. The Balaban J connectivity index is 1.74. The van der Waals surface area contributed by atoms with Crippen LogP contribution in [0.3, 0.4) is 0 Å². The van der Waals surface area contributed by atoms with Crippen LogP contribution in [0.2, 0.25) is 0 Å². The Labute approximate surface area is 109 Å². The third-order valence-corrected chi connectivity index (χ3v) is 3.85. The summed E-state index contributed by atoms with van der Waals surface area (Å²) in [5.74, 6) is 0.681. The van der Waals surface area contributed by atoms with Crippen LogP contribution in [0.4, 0.5) is 0 Å². The minimum absolute atomic E-state index is 0.381. The molecular weight excluding hydrogens is 230 g/mol. The number of nitrogens with two attached hydrogens (primary N) is 1. The number of hydrogen-bond donors (Lipinski definition) is 1. The molecule has 0 bridgehead atoms. The number of rotatable bonds is 6. The van der Waals surface area contributed by atoms with E-state index in [1.807, 2.05) is 6.92 Å². The third kappa shape index (κ3) is 3.85. The number of aliphatic imine (C=N–C) groups is 1. The Hall–Kier alpha value is -0.810. The smallest absolute Gasteiger partial charge is 0.191 e. The molecule has 0 aromatic carbocycles. The molecule has 1 saturated heterocycles. The lowest BCUT2D eigenvalue weighted by Gasteiger charge is -2.28. The number of ether oxygens (including phenoxy) is 2. The summed E-state index contributed by atoms with van der Waals surface area (Å²) in [6.07, 6.45) is 3.64. The van der Waals surface area contributed by atoms with Crippen molar-refractivity contribution in [2.45, 2.75) is 26.2 Å². The maximum absolute atomic E-state index is 6.03. The summed E-state index contributed by atoms with van der Waals surface area (Å²) >= 11 is 0. The van der Waals surface area contributed by atoms with Gasteiger partial charge in [-0.25, -0.2) is 0 Å². The highest BCUT2D eigenvalue weighted by Gasteiger charge is 2.41. The zero-order valence-corrected chi connectivity index (χ0v) is 11.4. The van der Waals surface area contributed by atoms with Crippen LogP contribution in [0.5, 0.6) is 0 Å². The first-order valence-corrected chi connectivity index (χ1v) is 6.96. The van der Waals surface area contributed by atoms with Crippen molar-refractivity contribution in [1.82, 2.24) is 4.90 Å². The van der Waals surface area contributed by atoms with Gasteiger partial charge in [-0.2, -0.15) is 0 Å². The van der Waals surface area contributed by atoms with Gasteiger partial charge in [0.25, 0.3) is 0 Å². The van der Waals surface area contributed by atoms with E-state index in [1.54, 1.807) is 0 Å². The van der Waals surface area contributed by atoms with E-state index in [1.165, 1.54) is 12.8 Å². The van der Waals surface area contributed by atoms with E-state index in [9.17, 15) is 0 Å². The maximum atomic E-state index is 6.03. The Morgan fingerprint density at radius 3 is 2.72 bits per heavy atom. The van der Waals surface area contributed by atoms with Gasteiger partial charge in [-0.15, -0.1) is 0 Å². The van der Waals surface area contributed by atoms with Crippen molar-refractivity contribution in [3.8, 4) is 0 Å². The minimum atomic E-state index is 0.381. The molecule has 2 aliphatic rings. The molecule has 18 heavy (non-hydrogen) atoms. The molecule has 2 N–H and O–H groups in total. The first-order chi connectivity index (χ1) is 8.76. The molecule has 5 heteroatoms. The number of guanidine groups is 1. The van der Waals surface area contributed by atoms with Gasteiger partial charge in [0.05, 0.1) is 13.2 Å². The molecular formula is C13H25N3O2. The van der Waals surface area contributed by atoms with Crippen LogP contribution in [-0.2, 0) is 9.47 Å². The van der Waals surface area contributed by atoms with Crippen LogP contribution >= 0.6 is 0 Å². The lowest BCUT2D eigenvalue weighted by atomic mass is 10.0. The molecule has 5 nitrogen and oxygen atoms in total. The molecule has 0 radical (unpaired) electrons. The standard InChI is InChI=1S/C13H25N3O2/c1-2-17-8-5-13(3-4-13)11-15-12(14)16-6-9-18-10-7-16/h2-11H2,1H3,(H2,14,15). The Morgan fingerprint density at radius 2 is 2.11 bits per heavy atom. The van der Waals surface area contributed by atoms with Gasteiger partial charge in [-0.1, -0.05) is 0 Å². The van der Waals surface area contributed by atoms with Crippen molar-refractivity contribution in [3.63, 3.8) is 0 Å². The van der Waals surface area contributed by atoms with E-state index >= 15 is 0 Å². The molecule has 2 rings (SSSR count). The Morgan fingerprint density at radius 1 is 1.39 bits per heavy atom. The van der Waals surface area contributed by atoms with Crippen LogP contribution in [0, 0.1) is 5.41 Å². The summed E-state index contributed by atoms with van der Waals surface area (Å²) in [5.41, 5.74) is 6.41. The normalized spacial score (nSPS) is 23.2. The van der Waals surface area contributed by atoms with E-state index < -0.39 is 0 Å². The van der Waals surface area contributed by atoms with Crippen LogP contribution in [0.15, 0.2) is 4.99 Å². The molecule has 0 amide bonds. The number of morpholine rings is 1. The zero-order valence-electron chi connectivity index (χ0n) is 11.4. The molecule has 2 fully saturated rings. The van der Waals surface area contributed by atoms with Gasteiger partial charge < -0.3 is 20.1 Å². The summed E-state index contributed by atoms with van der Waals surface area (Å²) in [7, 11) is 0. The summed E-state index contributed by atoms with van der Waals surface area (Å²) in [6, 6.07) is 0. The van der Waals surface area contributed by atoms with Gasteiger partial charge in [0, 0.05) is 32.8 Å². The van der Waals surface area contributed by atoms with Gasteiger partial charge in [-0.05, 0) is 31.6 Å². The molecule has 1 aliphatic carbocycles. The fourth-order valence-corrected chi connectivity index (χ4v) is 2.24. The molecule has 0 aromatic rings. The van der Waals surface area contributed by atoms with Crippen molar-refractivity contribution >= 4 is 5.96 Å². The number of hydrogen-bond acceptors (Lipinski definition) is 3. The van der Waals surface area contributed by atoms with Crippen molar-refractivity contribution in [1.29, 1.82) is 0 Å². The highest BCUT2D eigenvalue weighted by atomic mass is 16.5. The first kappa shape index (κ1) is 13.6. The summed E-state index contributed by atoms with van der Waals surface area (Å²) in [6.45, 7) is 7.77. The molecule has 0 spiro atoms. The van der Waals surface area contributed by atoms with Crippen molar-refractivity contribution < 1.29 is 9.47 Å². The largest absolute Gasteiger partial charge is 0.382 e. The second-order valence-electron chi connectivity index (χ2n) is 5.22. The predicted octanol–water partition coefficient (Wildman–Crippen LogP) is 0.840. The molecule has 1 saturated carbocycles. The minimum Gasteiger partial charge on any atom is -0.382 e. The fourth-order valence-electron chi connectivity index (χ4n) is 2.24. The molecule has 104 valence electrons. The quantitative estimate of drug-likeness (QED) is 0.434. The highest BCUT2D eigenvalue weighted by molar-refractivity contribution is 5.78. The van der Waals surface area contributed by atoms with Crippen LogP contribution < -0.4 is 5.73 Å². The maximum Gasteiger partial charge on any atom is 0.191 e. The second-order valence-corrected chi connectivity index (χ2v) is 5.22. The average Bonchev–Trinajstić information content (AvgIpc) is 3.18. The summed E-state index contributed by atoms with van der Waals surface area (Å²) < 4.78 is 10.7. The monoisotopic (exact) mass is 255 g/mol. The van der Waals surface area contributed by atoms with E-state index in [0.717, 1.165) is 52.5 Å². The van der Waals surface area contributed by atoms with Crippen molar-refractivity contribution in [3.05, 3.63) is 0 Å². The van der Waals surface area contributed by atoms with E-state index in [2.05, 4.69) is 9.89 Å². The van der Waals surface area contributed by atoms with Gasteiger partial charge in [0.15, 0.2) is 5.96 Å². The first-order valence-electron chi connectivity index (χ1n) is 6.96. The second kappa shape index (κ2) is 6.38. The molecule has 0 aromatic heterocycles. The molecule has 0 unspecified atom stereocenters. The average molecular weight is 255 g/mol. The van der Waals surface area contributed by atoms with Crippen LogP contribution in [-0.4, -0.2) is 56.9 Å². The van der Waals surface area contributed by atoms with Gasteiger partial charge in [0.2, 0.25) is 0 Å². The van der Waals surface area contributed by atoms with Crippen molar-refractivity contribution in [2.75, 3.05) is 46.1 Å². The van der Waals surface area contributed by atoms with E-state index in [-0.39, 0.29) is 0 Å². The third-order valence-electron chi connectivity index (χ3n) is 3.85. The van der Waals surface area contributed by atoms with Crippen LogP contribution in [0.1, 0.15) is 26.2 Å². The number of nitrogens with zero attached hydrogens (tertiary/aromatic N) is 2. The van der Waals surface area contributed by atoms with E-state index in [0.29, 0.717) is 11.4 Å². The zero-order chi connectivity index (χ0) is 12.8. The summed E-state index contributed by atoms with van der Waals surface area (Å²) in [4.78, 5) is 6.68. The SMILES string of the molecule is CCOCCC1(CN=C(N)N2CCOCC2)CC1. The fraction of sp³-hybridized carbons (Fsp3) is 0.923. The Kier molecular flexibility index (Phi) is 4.83. The molecule has 1 heterocycles. The predicted molar refractivity (Wildman–Crippen MR) is 71.7 cm³/mol. The molecule has 1 aliphatic heterocycles. The van der Waals surface area contributed by atoms with Crippen molar-refractivity contribution in [2.24, 2.45) is 16.1 Å². The van der Waals surface area contributed by atoms with E-state index in [4.69, 9.17) is 15.2 Å². The van der Waals surface area contributed by atoms with Gasteiger partial charge in [0.1, 0.15) is 0 Å². The van der Waals surface area contributed by atoms with Gasteiger partial charge in [-0.3, -0.25) is 4.99 Å². The Bertz CT molecular complexity index is 284. The summed E-state index contributed by atoms with van der Waals surface area (Å²) in [5, 5.41) is 0. The lowest BCUT2D eigenvalue weighted by Crippen LogP contribution is -2.45. The lowest BCUT2D eigenvalue weighted by molar-refractivity contribution is 0.0673. The van der Waals surface area contributed by atoms with Gasteiger partial charge >= 0.3 is 0 Å².